The first-order chi connectivity index (χ1) is 13.9. The normalized spacial score (nSPS) is 11.0. The molecule has 0 atom stereocenters. The van der Waals surface area contributed by atoms with E-state index in [-0.39, 0.29) is 29.3 Å². The quantitative estimate of drug-likeness (QED) is 0.565. The number of thiazole rings is 1. The maximum absolute atomic E-state index is 13.1. The second-order valence-corrected chi connectivity index (χ2v) is 9.06. The largest absolute Gasteiger partial charge is 0.312 e. The Morgan fingerprint density at radius 1 is 1.14 bits per heavy atom. The van der Waals surface area contributed by atoms with Crippen LogP contribution in [0.4, 0.5) is 9.39 Å². The van der Waals surface area contributed by atoms with Crippen molar-refractivity contribution in [3.63, 3.8) is 0 Å². The maximum Gasteiger partial charge on any atom is 0.256 e. The second-order valence-electron chi connectivity index (χ2n) is 6.10. The fourth-order valence-corrected chi connectivity index (χ4v) is 4.60. The summed E-state index contributed by atoms with van der Waals surface area (Å²) in [7, 11) is -3.49. The highest BCUT2D eigenvalue weighted by Crippen LogP contribution is 2.31. The van der Waals surface area contributed by atoms with E-state index in [0.29, 0.717) is 21.8 Å². The van der Waals surface area contributed by atoms with Gasteiger partial charge in [0.15, 0.2) is 9.84 Å². The van der Waals surface area contributed by atoms with E-state index in [1.807, 2.05) is 6.07 Å². The summed E-state index contributed by atoms with van der Waals surface area (Å²) in [5.41, 5.74) is 3.06. The maximum atomic E-state index is 13.1. The van der Waals surface area contributed by atoms with Crippen LogP contribution in [0, 0.1) is 17.1 Å². The third-order valence-electron chi connectivity index (χ3n) is 4.09. The van der Waals surface area contributed by atoms with Crippen molar-refractivity contribution in [3.8, 4) is 17.3 Å². The fourth-order valence-electron chi connectivity index (χ4n) is 2.60. The number of benzene rings is 2. The molecular weight excluding hydrogens is 413 g/mol. The molecule has 1 aromatic heterocycles. The summed E-state index contributed by atoms with van der Waals surface area (Å²) in [5.74, 6) is -0.892. The standard InChI is InChI=1S/C20H16FN3O3S2/c21-16-7-3-14(4-8-16)18-20(28-13-23-18)24-19(25)15-5-9-17(10-6-15)29(26,27)12-2-1-11-22/h3-10,13H,1-2,12H2,(H,24,25). The Morgan fingerprint density at radius 2 is 1.83 bits per heavy atom. The van der Waals surface area contributed by atoms with Crippen molar-refractivity contribution in [2.75, 3.05) is 11.1 Å². The van der Waals surface area contributed by atoms with Gasteiger partial charge < -0.3 is 5.32 Å². The summed E-state index contributed by atoms with van der Waals surface area (Å²) in [6.45, 7) is 0. The molecule has 148 valence electrons. The van der Waals surface area contributed by atoms with Crippen LogP contribution in [0.25, 0.3) is 11.3 Å². The van der Waals surface area contributed by atoms with E-state index in [2.05, 4.69) is 10.3 Å². The molecule has 29 heavy (non-hydrogen) atoms. The molecule has 0 fully saturated rings. The molecule has 3 rings (SSSR count). The van der Waals surface area contributed by atoms with Crippen LogP contribution in [0.1, 0.15) is 23.2 Å². The lowest BCUT2D eigenvalue weighted by atomic mass is 10.1. The second kappa shape index (κ2) is 8.94. The van der Waals surface area contributed by atoms with Crippen LogP contribution in [0.2, 0.25) is 0 Å². The monoisotopic (exact) mass is 429 g/mol. The number of carbonyl (C=O) groups is 1. The molecule has 1 amide bonds. The topological polar surface area (TPSA) is 99.9 Å². The summed E-state index contributed by atoms with van der Waals surface area (Å²) in [5, 5.41) is 11.8. The third-order valence-corrected chi connectivity index (χ3v) is 6.65. The van der Waals surface area contributed by atoms with Crippen molar-refractivity contribution in [1.29, 1.82) is 5.26 Å². The van der Waals surface area contributed by atoms with Crippen molar-refractivity contribution in [2.45, 2.75) is 17.7 Å². The van der Waals surface area contributed by atoms with Gasteiger partial charge in [-0.05, 0) is 55.0 Å². The fraction of sp³-hybridized carbons (Fsp3) is 0.150. The van der Waals surface area contributed by atoms with Crippen LogP contribution >= 0.6 is 11.3 Å². The number of nitrogens with one attached hydrogen (secondary N) is 1. The molecule has 0 saturated carbocycles. The number of hydrogen-bond acceptors (Lipinski definition) is 6. The van der Waals surface area contributed by atoms with Gasteiger partial charge in [-0.25, -0.2) is 17.8 Å². The third kappa shape index (κ3) is 5.04. The molecule has 0 aliphatic carbocycles. The number of aromatic nitrogens is 1. The van der Waals surface area contributed by atoms with E-state index in [1.54, 1.807) is 17.6 Å². The van der Waals surface area contributed by atoms with Crippen molar-refractivity contribution >= 4 is 32.1 Å². The first-order valence-electron chi connectivity index (χ1n) is 8.61. The number of unbranched alkanes of at least 4 members (excludes halogenated alkanes) is 1. The minimum atomic E-state index is -3.49. The van der Waals surface area contributed by atoms with Crippen LogP contribution in [-0.2, 0) is 9.84 Å². The minimum absolute atomic E-state index is 0.108. The van der Waals surface area contributed by atoms with Crippen LogP contribution in [0.5, 0.6) is 0 Å². The van der Waals surface area contributed by atoms with Gasteiger partial charge in [-0.15, -0.1) is 11.3 Å². The van der Waals surface area contributed by atoms with Gasteiger partial charge in [-0.1, -0.05) is 0 Å². The number of nitriles is 1. The van der Waals surface area contributed by atoms with Gasteiger partial charge in [0.05, 0.1) is 22.2 Å². The summed E-state index contributed by atoms with van der Waals surface area (Å²) in [4.78, 5) is 16.9. The van der Waals surface area contributed by atoms with E-state index < -0.39 is 15.7 Å². The zero-order valence-electron chi connectivity index (χ0n) is 15.1. The molecule has 1 N–H and O–H groups in total. The van der Waals surface area contributed by atoms with Crippen molar-refractivity contribution < 1.29 is 17.6 Å². The van der Waals surface area contributed by atoms with E-state index in [4.69, 9.17) is 5.26 Å². The zero-order valence-corrected chi connectivity index (χ0v) is 16.8. The molecule has 0 radical (unpaired) electrons. The number of carbonyl (C=O) groups excluding carboxylic acids is 1. The number of halogens is 1. The average molecular weight is 429 g/mol. The minimum Gasteiger partial charge on any atom is -0.312 e. The van der Waals surface area contributed by atoms with Gasteiger partial charge in [0.2, 0.25) is 0 Å². The summed E-state index contributed by atoms with van der Waals surface area (Å²) in [6, 6.07) is 13.3. The summed E-state index contributed by atoms with van der Waals surface area (Å²) in [6.07, 6.45) is 0.434. The molecule has 3 aromatic rings. The van der Waals surface area contributed by atoms with Gasteiger partial charge in [-0.2, -0.15) is 5.26 Å². The highest BCUT2D eigenvalue weighted by atomic mass is 32.2. The number of hydrogen-bond donors (Lipinski definition) is 1. The Kier molecular flexibility index (Phi) is 6.36. The number of anilines is 1. The number of sulfone groups is 1. The van der Waals surface area contributed by atoms with Crippen LogP contribution in [-0.4, -0.2) is 25.1 Å². The lowest BCUT2D eigenvalue weighted by molar-refractivity contribution is 0.102. The Morgan fingerprint density at radius 3 is 2.48 bits per heavy atom. The molecule has 0 saturated heterocycles. The number of amides is 1. The molecule has 0 unspecified atom stereocenters. The summed E-state index contributed by atoms with van der Waals surface area (Å²) < 4.78 is 37.6. The van der Waals surface area contributed by atoms with Crippen LogP contribution in [0.3, 0.4) is 0 Å². The average Bonchev–Trinajstić information content (AvgIpc) is 3.17. The van der Waals surface area contributed by atoms with Crippen LogP contribution < -0.4 is 5.32 Å². The first kappa shape index (κ1) is 20.6. The predicted molar refractivity (Wildman–Crippen MR) is 109 cm³/mol. The van der Waals surface area contributed by atoms with Gasteiger partial charge in [0, 0.05) is 17.5 Å². The lowest BCUT2D eigenvalue weighted by Gasteiger charge is -2.07. The molecule has 0 bridgehead atoms. The highest BCUT2D eigenvalue weighted by Gasteiger charge is 2.17. The van der Waals surface area contributed by atoms with Crippen molar-refractivity contribution in [2.24, 2.45) is 0 Å². The Balaban J connectivity index is 1.73. The van der Waals surface area contributed by atoms with E-state index in [1.165, 1.54) is 47.7 Å². The molecule has 1 heterocycles. The number of nitrogens with zero attached hydrogens (tertiary/aromatic N) is 2. The lowest BCUT2D eigenvalue weighted by Crippen LogP contribution is -2.12. The SMILES string of the molecule is N#CCCCS(=O)(=O)c1ccc(C(=O)Nc2scnc2-c2ccc(F)cc2)cc1. The molecule has 0 spiro atoms. The number of rotatable bonds is 7. The van der Waals surface area contributed by atoms with Gasteiger partial charge in [0.1, 0.15) is 16.5 Å². The molecule has 0 aliphatic rings. The summed E-state index contributed by atoms with van der Waals surface area (Å²) >= 11 is 1.23. The first-order valence-corrected chi connectivity index (χ1v) is 11.1. The Hall–Kier alpha value is -3.09. The molecule has 0 aliphatic heterocycles. The highest BCUT2D eigenvalue weighted by molar-refractivity contribution is 7.91. The van der Waals surface area contributed by atoms with E-state index in [9.17, 15) is 17.6 Å². The molecule has 6 nitrogen and oxygen atoms in total. The molecule has 9 heteroatoms. The van der Waals surface area contributed by atoms with Crippen molar-refractivity contribution in [3.05, 3.63) is 65.4 Å². The molecule has 2 aromatic carbocycles. The van der Waals surface area contributed by atoms with Gasteiger partial charge in [0.25, 0.3) is 5.91 Å². The van der Waals surface area contributed by atoms with Gasteiger partial charge >= 0.3 is 0 Å². The van der Waals surface area contributed by atoms with E-state index in [0.717, 1.165) is 0 Å². The van der Waals surface area contributed by atoms with Gasteiger partial charge in [-0.3, -0.25) is 4.79 Å². The van der Waals surface area contributed by atoms with Crippen molar-refractivity contribution in [1.82, 2.24) is 4.98 Å². The van der Waals surface area contributed by atoms with E-state index >= 15 is 0 Å². The Bertz CT molecular complexity index is 1150. The predicted octanol–water partition coefficient (Wildman–Crippen LogP) is 4.28. The molecular formula is C20H16FN3O3S2. The Labute approximate surface area is 171 Å². The van der Waals surface area contributed by atoms with Crippen LogP contribution in [0.15, 0.2) is 58.9 Å². The smallest absolute Gasteiger partial charge is 0.256 e. The zero-order chi connectivity index (χ0) is 20.9.